The van der Waals surface area contributed by atoms with Gasteiger partial charge in [0.15, 0.2) is 0 Å². The highest BCUT2D eigenvalue weighted by molar-refractivity contribution is 14.1. The van der Waals surface area contributed by atoms with Crippen molar-refractivity contribution in [2.45, 2.75) is 58.7 Å². The second-order valence-corrected chi connectivity index (χ2v) is 8.80. The number of hydrogen-bond acceptors (Lipinski definition) is 5. The van der Waals surface area contributed by atoms with Crippen LogP contribution in [0.15, 0.2) is 18.2 Å². The third-order valence-electron chi connectivity index (χ3n) is 4.19. The number of hydrogen-bond donors (Lipinski definition) is 1. The summed E-state index contributed by atoms with van der Waals surface area (Å²) in [5.41, 5.74) is 1.21. The molecule has 0 saturated carbocycles. The maximum Gasteiger partial charge on any atom is 0.407 e. The summed E-state index contributed by atoms with van der Waals surface area (Å²) in [6.45, 7) is 10.2. The van der Waals surface area contributed by atoms with Crippen LogP contribution in [0.25, 0.3) is 0 Å². The number of benzene rings is 1. The van der Waals surface area contributed by atoms with Gasteiger partial charge in [0.05, 0.1) is 12.2 Å². The number of nitrogens with one attached hydrogen (secondary N) is 1. The molecule has 0 aromatic heterocycles. The Labute approximate surface area is 175 Å². The summed E-state index contributed by atoms with van der Waals surface area (Å²) in [5, 5.41) is 2.97. The molecule has 7 heteroatoms. The molecular weight excluding hydrogens is 459 g/mol. The van der Waals surface area contributed by atoms with Gasteiger partial charge in [-0.2, -0.15) is 0 Å². The quantitative estimate of drug-likeness (QED) is 0.502. The normalized spacial score (nSPS) is 18.0. The van der Waals surface area contributed by atoms with E-state index in [1.807, 2.05) is 32.9 Å². The lowest BCUT2D eigenvalue weighted by molar-refractivity contribution is 0.0467. The molecule has 1 aromatic carbocycles. The molecule has 27 heavy (non-hydrogen) atoms. The highest BCUT2D eigenvalue weighted by Crippen LogP contribution is 2.22. The van der Waals surface area contributed by atoms with Crippen LogP contribution in [0.1, 0.15) is 56.5 Å². The molecule has 1 fully saturated rings. The number of likely N-dealkylation sites (tertiary alicyclic amines) is 1. The summed E-state index contributed by atoms with van der Waals surface area (Å²) in [7, 11) is 0. The van der Waals surface area contributed by atoms with Crippen molar-refractivity contribution in [2.24, 2.45) is 0 Å². The average molecular weight is 488 g/mol. The molecule has 150 valence electrons. The van der Waals surface area contributed by atoms with Crippen molar-refractivity contribution in [1.82, 2.24) is 10.2 Å². The van der Waals surface area contributed by atoms with E-state index in [0.29, 0.717) is 12.2 Å². The van der Waals surface area contributed by atoms with Gasteiger partial charge in [-0.1, -0.05) is 12.1 Å². The van der Waals surface area contributed by atoms with Crippen molar-refractivity contribution in [3.63, 3.8) is 0 Å². The molecule has 6 nitrogen and oxygen atoms in total. The lowest BCUT2D eigenvalue weighted by atomic mass is 10.0. The largest absolute Gasteiger partial charge is 0.462 e. The minimum atomic E-state index is -0.498. The Morgan fingerprint density at radius 2 is 2.07 bits per heavy atom. The number of carbonyl (C=O) groups excluding carboxylic acids is 2. The SMILES string of the molecule is CCOC(=O)c1cccc(CN2CCCC(NC(=O)OC(C)(C)C)C2)c1I. The molecule has 1 aliphatic rings. The fourth-order valence-electron chi connectivity index (χ4n) is 3.10. The van der Waals surface area contributed by atoms with E-state index in [2.05, 4.69) is 32.8 Å². The number of rotatable bonds is 5. The minimum Gasteiger partial charge on any atom is -0.462 e. The van der Waals surface area contributed by atoms with Crippen LogP contribution in [-0.4, -0.2) is 48.3 Å². The number of carbonyl (C=O) groups is 2. The number of amides is 1. The van der Waals surface area contributed by atoms with Crippen molar-refractivity contribution in [2.75, 3.05) is 19.7 Å². The Hall–Kier alpha value is -1.35. The van der Waals surface area contributed by atoms with Gasteiger partial charge in [0.25, 0.3) is 0 Å². The second kappa shape index (κ2) is 9.73. The number of alkyl carbamates (subject to hydrolysis) is 1. The van der Waals surface area contributed by atoms with Gasteiger partial charge in [0, 0.05) is 22.7 Å². The monoisotopic (exact) mass is 488 g/mol. The molecule has 0 aliphatic carbocycles. The number of nitrogens with zero attached hydrogens (tertiary/aromatic N) is 1. The summed E-state index contributed by atoms with van der Waals surface area (Å²) < 4.78 is 11.4. The second-order valence-electron chi connectivity index (χ2n) is 7.72. The Kier molecular flexibility index (Phi) is 7.91. The maximum absolute atomic E-state index is 12.1. The molecule has 1 N–H and O–H groups in total. The predicted molar refractivity (Wildman–Crippen MR) is 113 cm³/mol. The van der Waals surface area contributed by atoms with E-state index in [-0.39, 0.29) is 18.1 Å². The van der Waals surface area contributed by atoms with Crippen LogP contribution in [0.5, 0.6) is 0 Å². The van der Waals surface area contributed by atoms with Crippen LogP contribution in [-0.2, 0) is 16.0 Å². The Bertz CT molecular complexity index is 672. The van der Waals surface area contributed by atoms with E-state index in [1.165, 1.54) is 0 Å². The number of halogens is 1. The lowest BCUT2D eigenvalue weighted by Crippen LogP contribution is -2.48. The Morgan fingerprint density at radius 3 is 2.74 bits per heavy atom. The molecular formula is C20H29IN2O4. The van der Waals surface area contributed by atoms with Gasteiger partial charge in [-0.15, -0.1) is 0 Å². The van der Waals surface area contributed by atoms with E-state index in [1.54, 1.807) is 13.0 Å². The van der Waals surface area contributed by atoms with Crippen molar-refractivity contribution in [3.05, 3.63) is 32.9 Å². The molecule has 1 aromatic rings. The summed E-state index contributed by atoms with van der Waals surface area (Å²) in [6, 6.07) is 5.80. The minimum absolute atomic E-state index is 0.0690. The first kappa shape index (κ1) is 21.9. The van der Waals surface area contributed by atoms with Crippen molar-refractivity contribution < 1.29 is 19.1 Å². The van der Waals surface area contributed by atoms with Gasteiger partial charge >= 0.3 is 12.1 Å². The van der Waals surface area contributed by atoms with Crippen LogP contribution < -0.4 is 5.32 Å². The lowest BCUT2D eigenvalue weighted by Gasteiger charge is -2.33. The number of esters is 1. The summed E-state index contributed by atoms with van der Waals surface area (Å²) in [4.78, 5) is 26.4. The topological polar surface area (TPSA) is 67.9 Å². The molecule has 1 unspecified atom stereocenters. The third-order valence-corrected chi connectivity index (χ3v) is 5.47. The average Bonchev–Trinajstić information content (AvgIpc) is 2.55. The van der Waals surface area contributed by atoms with Crippen LogP contribution in [0.3, 0.4) is 0 Å². The Morgan fingerprint density at radius 1 is 1.33 bits per heavy atom. The van der Waals surface area contributed by atoms with E-state index in [4.69, 9.17) is 9.47 Å². The molecule has 0 spiro atoms. The molecule has 1 saturated heterocycles. The maximum atomic E-state index is 12.1. The fraction of sp³-hybridized carbons (Fsp3) is 0.600. The molecule has 1 atom stereocenters. The summed E-state index contributed by atoms with van der Waals surface area (Å²) in [6.07, 6.45) is 1.58. The number of ether oxygens (including phenoxy) is 2. The van der Waals surface area contributed by atoms with Crippen LogP contribution in [0, 0.1) is 3.57 Å². The van der Waals surface area contributed by atoms with Crippen LogP contribution in [0.2, 0.25) is 0 Å². The molecule has 1 heterocycles. The third kappa shape index (κ3) is 6.95. The molecule has 0 radical (unpaired) electrons. The van der Waals surface area contributed by atoms with Gasteiger partial charge in [0.1, 0.15) is 5.60 Å². The summed E-state index contributed by atoms with van der Waals surface area (Å²) >= 11 is 2.21. The van der Waals surface area contributed by atoms with Crippen molar-refractivity contribution in [1.29, 1.82) is 0 Å². The van der Waals surface area contributed by atoms with Gasteiger partial charge in [-0.25, -0.2) is 9.59 Å². The molecule has 1 aliphatic heterocycles. The molecule has 0 bridgehead atoms. The van der Waals surface area contributed by atoms with E-state index >= 15 is 0 Å². The first-order chi connectivity index (χ1) is 12.7. The number of piperidine rings is 1. The van der Waals surface area contributed by atoms with Gasteiger partial charge in [-0.05, 0) is 81.3 Å². The predicted octanol–water partition coefficient (Wildman–Crippen LogP) is 3.96. The molecule has 2 rings (SSSR count). The van der Waals surface area contributed by atoms with Crippen LogP contribution in [0.4, 0.5) is 4.79 Å². The highest BCUT2D eigenvalue weighted by atomic mass is 127. The van der Waals surface area contributed by atoms with Gasteiger partial charge in [0.2, 0.25) is 0 Å². The smallest absolute Gasteiger partial charge is 0.407 e. The van der Waals surface area contributed by atoms with Gasteiger partial charge in [-0.3, -0.25) is 4.90 Å². The van der Waals surface area contributed by atoms with Gasteiger partial charge < -0.3 is 14.8 Å². The Balaban J connectivity index is 1.98. The summed E-state index contributed by atoms with van der Waals surface area (Å²) in [5.74, 6) is -0.285. The van der Waals surface area contributed by atoms with E-state index in [9.17, 15) is 9.59 Å². The van der Waals surface area contributed by atoms with Crippen molar-refractivity contribution >= 4 is 34.7 Å². The zero-order valence-corrected chi connectivity index (χ0v) is 18.7. The van der Waals surface area contributed by atoms with E-state index in [0.717, 1.165) is 41.6 Å². The highest BCUT2D eigenvalue weighted by Gasteiger charge is 2.25. The van der Waals surface area contributed by atoms with E-state index < -0.39 is 5.60 Å². The fourth-order valence-corrected chi connectivity index (χ4v) is 3.85. The zero-order chi connectivity index (χ0) is 20.0. The molecule has 1 amide bonds. The standard InChI is InChI=1S/C20H29IN2O4/c1-5-26-18(24)16-10-6-8-14(17(16)21)12-23-11-7-9-15(13-23)22-19(25)27-20(2,3)4/h6,8,10,15H,5,7,9,11-13H2,1-4H3,(H,22,25). The first-order valence-electron chi connectivity index (χ1n) is 9.36. The first-order valence-corrected chi connectivity index (χ1v) is 10.4. The van der Waals surface area contributed by atoms with Crippen molar-refractivity contribution in [3.8, 4) is 0 Å². The zero-order valence-electron chi connectivity index (χ0n) is 16.5. The van der Waals surface area contributed by atoms with Crippen LogP contribution >= 0.6 is 22.6 Å².